The second kappa shape index (κ2) is 4.76. The monoisotopic (exact) mass is 267 g/mol. The topological polar surface area (TPSA) is 22.0 Å². The predicted octanol–water partition coefficient (Wildman–Crippen LogP) is 3.89. The second-order valence-electron chi connectivity index (χ2n) is 6.38. The van der Waals surface area contributed by atoms with Crippen LogP contribution in [0, 0.1) is 5.92 Å². The van der Waals surface area contributed by atoms with Gasteiger partial charge in [-0.25, -0.2) is 0 Å². The Morgan fingerprint density at radius 1 is 1.15 bits per heavy atom. The number of aromatic nitrogens is 1. The van der Waals surface area contributed by atoms with E-state index in [4.69, 9.17) is 0 Å². The van der Waals surface area contributed by atoms with Crippen molar-refractivity contribution < 1.29 is 4.79 Å². The Bertz CT molecular complexity index is 667. The first kappa shape index (κ1) is 12.2. The highest BCUT2D eigenvalue weighted by atomic mass is 16.1. The van der Waals surface area contributed by atoms with Crippen LogP contribution in [0.4, 0.5) is 0 Å². The van der Waals surface area contributed by atoms with Crippen molar-refractivity contribution in [1.82, 2.24) is 4.57 Å². The van der Waals surface area contributed by atoms with E-state index in [9.17, 15) is 4.79 Å². The number of nitrogens with zero attached hydrogens (tertiary/aromatic N) is 1. The Balaban J connectivity index is 1.74. The van der Waals surface area contributed by atoms with Gasteiger partial charge in [-0.3, -0.25) is 4.79 Å². The number of Topliss-reactive ketones (excluding diaryl/α,β-unsaturated/α-hetero) is 1. The van der Waals surface area contributed by atoms with E-state index in [2.05, 4.69) is 29.0 Å². The number of hydrogen-bond donors (Lipinski definition) is 0. The van der Waals surface area contributed by atoms with Crippen molar-refractivity contribution in [2.75, 3.05) is 0 Å². The average Bonchev–Trinajstić information content (AvgIpc) is 2.82. The molecule has 0 saturated heterocycles. The Morgan fingerprint density at radius 3 is 3.00 bits per heavy atom. The molecule has 1 aromatic carbocycles. The summed E-state index contributed by atoms with van der Waals surface area (Å²) in [6.07, 6.45) is 9.91. The summed E-state index contributed by atoms with van der Waals surface area (Å²) in [7, 11) is 0. The lowest BCUT2D eigenvalue weighted by Crippen LogP contribution is -2.20. The summed E-state index contributed by atoms with van der Waals surface area (Å²) in [5.41, 5.74) is 4.30. The van der Waals surface area contributed by atoms with E-state index in [0.29, 0.717) is 5.78 Å². The minimum atomic E-state index is 0.271. The molecular formula is C18H21NO. The number of rotatable bonds is 2. The van der Waals surface area contributed by atoms with E-state index >= 15 is 0 Å². The van der Waals surface area contributed by atoms with Gasteiger partial charge in [0, 0.05) is 30.5 Å². The summed E-state index contributed by atoms with van der Waals surface area (Å²) in [6, 6.07) is 6.68. The molecule has 2 aliphatic rings. The van der Waals surface area contributed by atoms with Gasteiger partial charge < -0.3 is 4.57 Å². The molecule has 2 heterocycles. The molecule has 0 bridgehead atoms. The van der Waals surface area contributed by atoms with Crippen LogP contribution in [-0.4, -0.2) is 10.4 Å². The molecule has 1 saturated carbocycles. The largest absolute Gasteiger partial charge is 0.347 e. The van der Waals surface area contributed by atoms with Crippen LogP contribution in [0.2, 0.25) is 0 Å². The zero-order chi connectivity index (χ0) is 13.5. The summed E-state index contributed by atoms with van der Waals surface area (Å²) in [6.45, 7) is 1.13. The molecule has 20 heavy (non-hydrogen) atoms. The molecule has 1 atom stereocenters. The zero-order valence-electron chi connectivity index (χ0n) is 11.9. The van der Waals surface area contributed by atoms with Gasteiger partial charge in [0.1, 0.15) is 5.78 Å². The Kier molecular flexibility index (Phi) is 2.90. The second-order valence-corrected chi connectivity index (χ2v) is 6.38. The minimum Gasteiger partial charge on any atom is -0.347 e. The molecule has 1 unspecified atom stereocenters. The molecule has 1 aliphatic carbocycles. The Morgan fingerprint density at radius 2 is 2.10 bits per heavy atom. The van der Waals surface area contributed by atoms with E-state index in [1.165, 1.54) is 41.3 Å². The third-order valence-corrected chi connectivity index (χ3v) is 5.06. The maximum Gasteiger partial charge on any atom is 0.136 e. The standard InChI is InChI=1S/C18H21NO/c20-17-9-2-1-5-14(17)11-15-12-19-10-4-7-13-6-3-8-16(15)18(13)19/h3,6,8,12,14H,1-2,4-5,7,9-11H2. The fourth-order valence-corrected chi connectivity index (χ4v) is 4.03. The van der Waals surface area contributed by atoms with Crippen molar-refractivity contribution in [3.05, 3.63) is 35.5 Å². The van der Waals surface area contributed by atoms with E-state index in [0.717, 1.165) is 32.2 Å². The van der Waals surface area contributed by atoms with E-state index < -0.39 is 0 Å². The van der Waals surface area contributed by atoms with Crippen molar-refractivity contribution in [3.8, 4) is 0 Å². The number of hydrogen-bond acceptors (Lipinski definition) is 1. The van der Waals surface area contributed by atoms with Crippen molar-refractivity contribution in [2.24, 2.45) is 5.92 Å². The molecule has 0 radical (unpaired) electrons. The van der Waals surface area contributed by atoms with Gasteiger partial charge in [-0.1, -0.05) is 24.6 Å². The fraction of sp³-hybridized carbons (Fsp3) is 0.500. The Hall–Kier alpha value is -1.57. The summed E-state index contributed by atoms with van der Waals surface area (Å²) >= 11 is 0. The molecule has 0 amide bonds. The molecule has 0 N–H and O–H groups in total. The maximum absolute atomic E-state index is 12.1. The van der Waals surface area contributed by atoms with E-state index in [1.54, 1.807) is 0 Å². The third kappa shape index (κ3) is 1.90. The van der Waals surface area contributed by atoms with Gasteiger partial charge in [-0.15, -0.1) is 0 Å². The van der Waals surface area contributed by atoms with Gasteiger partial charge in [-0.05, 0) is 43.2 Å². The van der Waals surface area contributed by atoms with Crippen molar-refractivity contribution in [1.29, 1.82) is 0 Å². The summed E-state index contributed by atoms with van der Waals surface area (Å²) < 4.78 is 2.41. The normalized spacial score (nSPS) is 22.4. The van der Waals surface area contributed by atoms with Crippen LogP contribution in [0.25, 0.3) is 10.9 Å². The lowest BCUT2D eigenvalue weighted by Gasteiger charge is -2.19. The van der Waals surface area contributed by atoms with Crippen LogP contribution in [0.15, 0.2) is 24.4 Å². The van der Waals surface area contributed by atoms with Gasteiger partial charge in [-0.2, -0.15) is 0 Å². The summed E-state index contributed by atoms with van der Waals surface area (Å²) in [4.78, 5) is 12.1. The molecule has 2 heteroatoms. The highest BCUT2D eigenvalue weighted by molar-refractivity contribution is 5.88. The molecule has 1 aromatic heterocycles. The molecular weight excluding hydrogens is 246 g/mol. The highest BCUT2D eigenvalue weighted by Crippen LogP contribution is 2.32. The summed E-state index contributed by atoms with van der Waals surface area (Å²) in [5, 5.41) is 1.39. The van der Waals surface area contributed by atoms with Crippen molar-refractivity contribution >= 4 is 16.7 Å². The zero-order valence-corrected chi connectivity index (χ0v) is 11.9. The number of benzene rings is 1. The lowest BCUT2D eigenvalue weighted by atomic mass is 9.83. The predicted molar refractivity (Wildman–Crippen MR) is 80.9 cm³/mol. The van der Waals surface area contributed by atoms with Gasteiger partial charge >= 0.3 is 0 Å². The van der Waals surface area contributed by atoms with Crippen LogP contribution in [0.1, 0.15) is 43.2 Å². The smallest absolute Gasteiger partial charge is 0.136 e. The number of carbonyl (C=O) groups is 1. The van der Waals surface area contributed by atoms with Crippen molar-refractivity contribution in [2.45, 2.75) is 51.5 Å². The first-order valence-corrected chi connectivity index (χ1v) is 7.95. The average molecular weight is 267 g/mol. The molecule has 0 spiro atoms. The van der Waals surface area contributed by atoms with E-state index in [1.807, 2.05) is 0 Å². The van der Waals surface area contributed by atoms with Crippen LogP contribution < -0.4 is 0 Å². The molecule has 2 nitrogen and oxygen atoms in total. The SMILES string of the molecule is O=C1CCCCC1Cc1cn2c3c(cccc13)CCC2. The quantitative estimate of drug-likeness (QED) is 0.809. The van der Waals surface area contributed by atoms with Crippen LogP contribution in [0.3, 0.4) is 0 Å². The van der Waals surface area contributed by atoms with Crippen LogP contribution >= 0.6 is 0 Å². The van der Waals surface area contributed by atoms with Crippen LogP contribution in [-0.2, 0) is 24.2 Å². The maximum atomic E-state index is 12.1. The van der Waals surface area contributed by atoms with Gasteiger partial charge in [0.15, 0.2) is 0 Å². The number of ketones is 1. The van der Waals surface area contributed by atoms with Gasteiger partial charge in [0.25, 0.3) is 0 Å². The number of aryl methyl sites for hydroxylation is 2. The highest BCUT2D eigenvalue weighted by Gasteiger charge is 2.24. The lowest BCUT2D eigenvalue weighted by molar-refractivity contribution is -0.124. The molecule has 1 fully saturated rings. The van der Waals surface area contributed by atoms with Crippen molar-refractivity contribution in [3.63, 3.8) is 0 Å². The molecule has 104 valence electrons. The number of para-hydroxylation sites is 1. The molecule has 2 aromatic rings. The van der Waals surface area contributed by atoms with Crippen LogP contribution in [0.5, 0.6) is 0 Å². The third-order valence-electron chi connectivity index (χ3n) is 5.06. The van der Waals surface area contributed by atoms with Gasteiger partial charge in [0.2, 0.25) is 0 Å². The van der Waals surface area contributed by atoms with Gasteiger partial charge in [0.05, 0.1) is 5.52 Å². The first-order valence-electron chi connectivity index (χ1n) is 7.95. The fourth-order valence-electron chi connectivity index (χ4n) is 4.03. The first-order chi connectivity index (χ1) is 9.83. The summed E-state index contributed by atoms with van der Waals surface area (Å²) in [5.74, 6) is 0.760. The molecule has 4 rings (SSSR count). The Labute approximate surface area is 119 Å². The minimum absolute atomic E-state index is 0.271. The number of carbonyl (C=O) groups excluding carboxylic acids is 1. The molecule has 1 aliphatic heterocycles. The van der Waals surface area contributed by atoms with E-state index in [-0.39, 0.29) is 5.92 Å².